The van der Waals surface area contributed by atoms with Gasteiger partial charge in [0.2, 0.25) is 0 Å². The van der Waals surface area contributed by atoms with Crippen molar-refractivity contribution in [2.45, 2.75) is 19.9 Å². The van der Waals surface area contributed by atoms with E-state index in [-0.39, 0.29) is 0 Å². The van der Waals surface area contributed by atoms with E-state index in [2.05, 4.69) is 20.1 Å². The summed E-state index contributed by atoms with van der Waals surface area (Å²) in [4.78, 5) is 12.4. The van der Waals surface area contributed by atoms with Crippen molar-refractivity contribution in [1.82, 2.24) is 29.3 Å². The number of rotatable bonds is 3. The quantitative estimate of drug-likeness (QED) is 0.788. The van der Waals surface area contributed by atoms with Gasteiger partial charge in [-0.3, -0.25) is 4.68 Å². The molecule has 0 spiro atoms. The first kappa shape index (κ1) is 12.9. The molecule has 2 N–H and O–H groups in total. The number of nitrogens with zero attached hydrogens (tertiary/aromatic N) is 6. The van der Waals surface area contributed by atoms with Crippen molar-refractivity contribution in [1.29, 1.82) is 0 Å². The molecule has 0 unspecified atom stereocenters. The maximum absolute atomic E-state index is 6.35. The van der Waals surface area contributed by atoms with Crippen LogP contribution in [0.4, 0.5) is 5.82 Å². The van der Waals surface area contributed by atoms with Gasteiger partial charge in [-0.1, -0.05) is 18.5 Å². The van der Waals surface area contributed by atoms with Crippen LogP contribution in [0.5, 0.6) is 0 Å². The van der Waals surface area contributed by atoms with E-state index in [0.717, 1.165) is 17.8 Å². The predicted molar refractivity (Wildman–Crippen MR) is 76.4 cm³/mol. The SMILES string of the molecule is CCc1nn(C)c(Cn2cnc3c(N)ncnc32)c1Cl. The molecule has 3 rings (SSSR count). The molecule has 3 aromatic rings. The van der Waals surface area contributed by atoms with Crippen LogP contribution >= 0.6 is 11.6 Å². The Morgan fingerprint density at radius 3 is 2.80 bits per heavy atom. The first-order chi connectivity index (χ1) is 9.61. The molecule has 0 atom stereocenters. The summed E-state index contributed by atoms with van der Waals surface area (Å²) in [5.41, 5.74) is 8.87. The van der Waals surface area contributed by atoms with Gasteiger partial charge in [-0.15, -0.1) is 0 Å². The van der Waals surface area contributed by atoms with Crippen LogP contribution in [0.25, 0.3) is 11.2 Å². The van der Waals surface area contributed by atoms with Gasteiger partial charge in [-0.05, 0) is 6.42 Å². The predicted octanol–water partition coefficient (Wildman–Crippen LogP) is 1.41. The number of halogens is 1. The van der Waals surface area contributed by atoms with Crippen molar-refractivity contribution in [2.75, 3.05) is 5.73 Å². The Balaban J connectivity index is 2.06. The normalized spacial score (nSPS) is 11.3. The lowest BCUT2D eigenvalue weighted by Gasteiger charge is -2.05. The zero-order chi connectivity index (χ0) is 14.3. The van der Waals surface area contributed by atoms with Crippen molar-refractivity contribution in [2.24, 2.45) is 7.05 Å². The van der Waals surface area contributed by atoms with Gasteiger partial charge in [0.1, 0.15) is 11.8 Å². The number of hydrogen-bond donors (Lipinski definition) is 1. The average molecular weight is 292 g/mol. The van der Waals surface area contributed by atoms with Crippen molar-refractivity contribution in [3.63, 3.8) is 0 Å². The molecule has 0 saturated carbocycles. The van der Waals surface area contributed by atoms with Gasteiger partial charge >= 0.3 is 0 Å². The van der Waals surface area contributed by atoms with Crippen LogP contribution in [-0.4, -0.2) is 29.3 Å². The van der Waals surface area contributed by atoms with Crippen molar-refractivity contribution in [3.8, 4) is 0 Å². The van der Waals surface area contributed by atoms with E-state index < -0.39 is 0 Å². The van der Waals surface area contributed by atoms with Crippen molar-refractivity contribution >= 4 is 28.6 Å². The minimum absolute atomic E-state index is 0.374. The Kier molecular flexibility index (Phi) is 3.06. The van der Waals surface area contributed by atoms with Crippen molar-refractivity contribution in [3.05, 3.63) is 29.1 Å². The first-order valence-electron chi connectivity index (χ1n) is 6.23. The monoisotopic (exact) mass is 291 g/mol. The van der Waals surface area contributed by atoms with E-state index >= 15 is 0 Å². The number of nitrogens with two attached hydrogens (primary N) is 1. The van der Waals surface area contributed by atoms with Gasteiger partial charge in [-0.25, -0.2) is 15.0 Å². The Hall–Kier alpha value is -2.15. The molecule has 104 valence electrons. The van der Waals surface area contributed by atoms with Crippen LogP contribution < -0.4 is 5.73 Å². The maximum atomic E-state index is 6.35. The second-order valence-corrected chi connectivity index (χ2v) is 4.87. The molecule has 0 aliphatic carbocycles. The third-order valence-corrected chi connectivity index (χ3v) is 3.69. The van der Waals surface area contributed by atoms with Crippen LogP contribution in [0.3, 0.4) is 0 Å². The molecule has 7 nitrogen and oxygen atoms in total. The van der Waals surface area contributed by atoms with Crippen LogP contribution in [0.1, 0.15) is 18.3 Å². The fourth-order valence-electron chi connectivity index (χ4n) is 2.17. The Labute approximate surface area is 120 Å². The van der Waals surface area contributed by atoms with E-state index in [9.17, 15) is 0 Å². The molecular formula is C12H14ClN7. The van der Waals surface area contributed by atoms with E-state index in [1.54, 1.807) is 11.0 Å². The largest absolute Gasteiger partial charge is 0.382 e. The van der Waals surface area contributed by atoms with E-state index in [1.165, 1.54) is 6.33 Å². The highest BCUT2D eigenvalue weighted by atomic mass is 35.5. The number of anilines is 1. The lowest BCUT2D eigenvalue weighted by atomic mass is 10.3. The number of imidazole rings is 1. The van der Waals surface area contributed by atoms with Crippen LogP contribution in [0.15, 0.2) is 12.7 Å². The second kappa shape index (κ2) is 4.75. The second-order valence-electron chi connectivity index (χ2n) is 4.49. The number of aryl methyl sites for hydroxylation is 2. The third-order valence-electron chi connectivity index (χ3n) is 3.25. The van der Waals surface area contributed by atoms with Gasteiger partial charge in [0.25, 0.3) is 0 Å². The van der Waals surface area contributed by atoms with Gasteiger partial charge < -0.3 is 10.3 Å². The number of nitrogen functional groups attached to an aromatic ring is 1. The third kappa shape index (κ3) is 1.90. The van der Waals surface area contributed by atoms with E-state index in [0.29, 0.717) is 28.5 Å². The van der Waals surface area contributed by atoms with Crippen LogP contribution in [0.2, 0.25) is 5.02 Å². The zero-order valence-electron chi connectivity index (χ0n) is 11.2. The summed E-state index contributed by atoms with van der Waals surface area (Å²) in [6.45, 7) is 2.56. The molecule has 0 saturated heterocycles. The summed E-state index contributed by atoms with van der Waals surface area (Å²) >= 11 is 6.35. The van der Waals surface area contributed by atoms with Gasteiger partial charge in [0.05, 0.1) is 29.3 Å². The lowest BCUT2D eigenvalue weighted by Crippen LogP contribution is -2.06. The van der Waals surface area contributed by atoms with Crippen molar-refractivity contribution < 1.29 is 0 Å². The molecule has 3 heterocycles. The minimum Gasteiger partial charge on any atom is -0.382 e. The Bertz CT molecular complexity index is 774. The highest BCUT2D eigenvalue weighted by Crippen LogP contribution is 2.23. The molecule has 3 aromatic heterocycles. The molecule has 0 amide bonds. The molecule has 0 bridgehead atoms. The van der Waals surface area contributed by atoms with E-state index in [4.69, 9.17) is 17.3 Å². The van der Waals surface area contributed by atoms with Gasteiger partial charge in [0, 0.05) is 7.05 Å². The highest BCUT2D eigenvalue weighted by Gasteiger charge is 2.15. The molecule has 20 heavy (non-hydrogen) atoms. The maximum Gasteiger partial charge on any atom is 0.165 e. The van der Waals surface area contributed by atoms with Crippen LogP contribution in [0, 0.1) is 0 Å². The number of aromatic nitrogens is 6. The fraction of sp³-hybridized carbons (Fsp3) is 0.333. The van der Waals surface area contributed by atoms with Crippen LogP contribution in [-0.2, 0) is 20.0 Å². The topological polar surface area (TPSA) is 87.4 Å². The summed E-state index contributed by atoms with van der Waals surface area (Å²) in [6.07, 6.45) is 3.91. The fourth-order valence-corrected chi connectivity index (χ4v) is 2.52. The summed E-state index contributed by atoms with van der Waals surface area (Å²) < 4.78 is 3.67. The summed E-state index contributed by atoms with van der Waals surface area (Å²) in [5.74, 6) is 0.374. The molecule has 0 fully saturated rings. The van der Waals surface area contributed by atoms with Gasteiger partial charge in [-0.2, -0.15) is 5.10 Å². The summed E-state index contributed by atoms with van der Waals surface area (Å²) in [5, 5.41) is 5.09. The standard InChI is InChI=1S/C12H14ClN7/c1-3-7-9(13)8(19(2)18-7)4-20-6-17-10-11(14)15-5-16-12(10)20/h5-6H,3-4H2,1-2H3,(H2,14,15,16). The molecule has 0 radical (unpaired) electrons. The van der Waals surface area contributed by atoms with Gasteiger partial charge in [0.15, 0.2) is 11.5 Å². The molecule has 0 aromatic carbocycles. The Morgan fingerprint density at radius 2 is 2.10 bits per heavy atom. The number of hydrogen-bond acceptors (Lipinski definition) is 5. The molecule has 0 aliphatic heterocycles. The summed E-state index contributed by atoms with van der Waals surface area (Å²) in [7, 11) is 1.88. The summed E-state index contributed by atoms with van der Waals surface area (Å²) in [6, 6.07) is 0. The first-order valence-corrected chi connectivity index (χ1v) is 6.61. The smallest absolute Gasteiger partial charge is 0.165 e. The minimum atomic E-state index is 0.374. The molecule has 8 heteroatoms. The zero-order valence-corrected chi connectivity index (χ0v) is 12.0. The molecule has 0 aliphatic rings. The Morgan fingerprint density at radius 1 is 1.30 bits per heavy atom. The van der Waals surface area contributed by atoms with E-state index in [1.807, 2.05) is 18.5 Å². The lowest BCUT2D eigenvalue weighted by molar-refractivity contribution is 0.665. The molecular weight excluding hydrogens is 278 g/mol. The number of fused-ring (bicyclic) bond motifs is 1. The highest BCUT2D eigenvalue weighted by molar-refractivity contribution is 6.31. The average Bonchev–Trinajstić information content (AvgIpc) is 2.96.